The van der Waals surface area contributed by atoms with Gasteiger partial charge in [0, 0.05) is 20.2 Å². The molecule has 0 atom stereocenters. The van der Waals surface area contributed by atoms with Crippen LogP contribution >= 0.6 is 0 Å². The molecule has 3 N–H and O–H groups in total. The van der Waals surface area contributed by atoms with Gasteiger partial charge < -0.3 is 20.5 Å². The van der Waals surface area contributed by atoms with Crippen LogP contribution in [0.2, 0.25) is 0 Å². The Kier molecular flexibility index (Phi) is 12.7. The number of morpholine rings is 1. The molecule has 2 aliphatic heterocycles. The Balaban J connectivity index is 0.000000206. The lowest BCUT2D eigenvalue weighted by Gasteiger charge is -2.10. The van der Waals surface area contributed by atoms with Gasteiger partial charge in [0.25, 0.3) is 0 Å². The van der Waals surface area contributed by atoms with Gasteiger partial charge in [-0.1, -0.05) is 6.42 Å². The van der Waals surface area contributed by atoms with E-state index < -0.39 is 0 Å². The van der Waals surface area contributed by atoms with Crippen LogP contribution in [0.5, 0.6) is 0 Å². The summed E-state index contributed by atoms with van der Waals surface area (Å²) in [5.74, 6) is 0. The van der Waals surface area contributed by atoms with Crippen molar-refractivity contribution in [3.05, 3.63) is 0 Å². The first-order valence-corrected chi connectivity index (χ1v) is 5.44. The standard InChI is InChI=1S/C5H11N.C4H9NO.CH4O/c1-2-4-6-5-3-1;1-3-6-4-2-5-1;1-2/h6H,1-5H2;5H,1-4H2;2H,1H3. The summed E-state index contributed by atoms with van der Waals surface area (Å²) in [5.41, 5.74) is 0. The molecule has 0 radical (unpaired) electrons. The zero-order valence-corrected chi connectivity index (χ0v) is 9.22. The first kappa shape index (κ1) is 13.8. The zero-order valence-electron chi connectivity index (χ0n) is 9.22. The highest BCUT2D eigenvalue weighted by molar-refractivity contribution is 4.55. The third-order valence-electron chi connectivity index (χ3n) is 2.05. The molecule has 2 fully saturated rings. The number of hydrogen-bond acceptors (Lipinski definition) is 4. The fourth-order valence-electron chi connectivity index (χ4n) is 1.32. The predicted molar refractivity (Wildman–Crippen MR) is 58.6 cm³/mol. The lowest BCUT2D eigenvalue weighted by atomic mass is 10.2. The van der Waals surface area contributed by atoms with Crippen LogP contribution in [-0.2, 0) is 4.74 Å². The van der Waals surface area contributed by atoms with Gasteiger partial charge in [-0.3, -0.25) is 0 Å². The summed E-state index contributed by atoms with van der Waals surface area (Å²) in [6.45, 7) is 6.33. The summed E-state index contributed by atoms with van der Waals surface area (Å²) in [5, 5.41) is 13.4. The van der Waals surface area contributed by atoms with E-state index in [1.54, 1.807) is 0 Å². The second-order valence-corrected chi connectivity index (χ2v) is 3.17. The van der Waals surface area contributed by atoms with Crippen LogP contribution < -0.4 is 10.6 Å². The Hall–Kier alpha value is -0.160. The van der Waals surface area contributed by atoms with Gasteiger partial charge in [0.05, 0.1) is 13.2 Å². The highest BCUT2D eigenvalue weighted by Gasteiger charge is 1.94. The number of rotatable bonds is 0. The van der Waals surface area contributed by atoms with Crippen molar-refractivity contribution >= 4 is 0 Å². The average Bonchev–Trinajstić information content (AvgIpc) is 2.37. The summed E-state index contributed by atoms with van der Waals surface area (Å²) in [4.78, 5) is 0. The third-order valence-corrected chi connectivity index (χ3v) is 2.05. The Morgan fingerprint density at radius 1 is 0.786 bits per heavy atom. The van der Waals surface area contributed by atoms with E-state index in [4.69, 9.17) is 9.84 Å². The molecule has 2 saturated heterocycles. The molecular weight excluding hydrogens is 180 g/mol. The Morgan fingerprint density at radius 2 is 1.29 bits per heavy atom. The first-order valence-electron chi connectivity index (χ1n) is 5.44. The summed E-state index contributed by atoms with van der Waals surface area (Å²) < 4.78 is 5.01. The fraction of sp³-hybridized carbons (Fsp3) is 1.00. The maximum atomic E-state index is 7.00. The predicted octanol–water partition coefficient (Wildman–Crippen LogP) is -0.0254. The van der Waals surface area contributed by atoms with Crippen molar-refractivity contribution in [2.75, 3.05) is 46.5 Å². The molecular formula is C10H24N2O2. The van der Waals surface area contributed by atoms with Crippen molar-refractivity contribution < 1.29 is 9.84 Å². The topological polar surface area (TPSA) is 53.5 Å². The highest BCUT2D eigenvalue weighted by Crippen LogP contribution is 1.96. The molecule has 2 aliphatic rings. The van der Waals surface area contributed by atoms with Crippen LogP contribution in [0.4, 0.5) is 0 Å². The van der Waals surface area contributed by atoms with Gasteiger partial charge in [0.2, 0.25) is 0 Å². The highest BCUT2D eigenvalue weighted by atomic mass is 16.5. The quantitative estimate of drug-likeness (QED) is 0.519. The molecule has 0 aromatic heterocycles. The van der Waals surface area contributed by atoms with Gasteiger partial charge in [-0.2, -0.15) is 0 Å². The number of piperidine rings is 1. The number of nitrogens with one attached hydrogen (secondary N) is 2. The van der Waals surface area contributed by atoms with E-state index in [1.165, 1.54) is 32.4 Å². The summed E-state index contributed by atoms with van der Waals surface area (Å²) in [6.07, 6.45) is 4.22. The molecule has 0 saturated carbocycles. The molecule has 0 aromatic rings. The van der Waals surface area contributed by atoms with Crippen molar-refractivity contribution in [3.8, 4) is 0 Å². The van der Waals surface area contributed by atoms with E-state index in [2.05, 4.69) is 10.6 Å². The molecule has 2 heterocycles. The van der Waals surface area contributed by atoms with E-state index >= 15 is 0 Å². The maximum Gasteiger partial charge on any atom is 0.0591 e. The van der Waals surface area contributed by atoms with Gasteiger partial charge >= 0.3 is 0 Å². The molecule has 0 bridgehead atoms. The number of aliphatic hydroxyl groups is 1. The monoisotopic (exact) mass is 204 g/mol. The second-order valence-electron chi connectivity index (χ2n) is 3.17. The van der Waals surface area contributed by atoms with Gasteiger partial charge in [-0.15, -0.1) is 0 Å². The van der Waals surface area contributed by atoms with Crippen LogP contribution in [0, 0.1) is 0 Å². The van der Waals surface area contributed by atoms with Crippen LogP contribution in [0.3, 0.4) is 0 Å². The molecule has 0 aromatic carbocycles. The SMILES string of the molecule is C1CCNCC1.C1COCCN1.CO. The first-order chi connectivity index (χ1) is 7.00. The maximum absolute atomic E-state index is 7.00. The molecule has 86 valence electrons. The van der Waals surface area contributed by atoms with E-state index in [9.17, 15) is 0 Å². The van der Waals surface area contributed by atoms with Crippen molar-refractivity contribution in [2.45, 2.75) is 19.3 Å². The minimum atomic E-state index is 0.889. The molecule has 4 nitrogen and oxygen atoms in total. The minimum Gasteiger partial charge on any atom is -0.400 e. The Bertz CT molecular complexity index is 59.1. The molecule has 4 heteroatoms. The second kappa shape index (κ2) is 12.8. The van der Waals surface area contributed by atoms with Gasteiger partial charge in [0.15, 0.2) is 0 Å². The van der Waals surface area contributed by atoms with Crippen molar-refractivity contribution in [1.82, 2.24) is 10.6 Å². The normalized spacial score (nSPS) is 21.0. The van der Waals surface area contributed by atoms with E-state index in [1.807, 2.05) is 0 Å². The summed E-state index contributed by atoms with van der Waals surface area (Å²) in [6, 6.07) is 0. The molecule has 0 aliphatic carbocycles. The lowest BCUT2D eigenvalue weighted by Crippen LogP contribution is -2.30. The number of ether oxygens (including phenoxy) is 1. The van der Waals surface area contributed by atoms with Gasteiger partial charge in [-0.25, -0.2) is 0 Å². The summed E-state index contributed by atoms with van der Waals surface area (Å²) >= 11 is 0. The van der Waals surface area contributed by atoms with Crippen LogP contribution in [0.15, 0.2) is 0 Å². The zero-order chi connectivity index (χ0) is 10.5. The molecule has 14 heavy (non-hydrogen) atoms. The van der Waals surface area contributed by atoms with Gasteiger partial charge in [0.1, 0.15) is 0 Å². The molecule has 0 spiro atoms. The lowest BCUT2D eigenvalue weighted by molar-refractivity contribution is 0.109. The molecule has 0 unspecified atom stereocenters. The third kappa shape index (κ3) is 9.92. The van der Waals surface area contributed by atoms with E-state index in [-0.39, 0.29) is 0 Å². The van der Waals surface area contributed by atoms with Crippen LogP contribution in [0.25, 0.3) is 0 Å². The van der Waals surface area contributed by atoms with E-state index in [0.717, 1.165) is 33.4 Å². The van der Waals surface area contributed by atoms with Crippen LogP contribution in [0.1, 0.15) is 19.3 Å². The largest absolute Gasteiger partial charge is 0.400 e. The average molecular weight is 204 g/mol. The fourth-order valence-corrected chi connectivity index (χ4v) is 1.32. The van der Waals surface area contributed by atoms with Crippen molar-refractivity contribution in [1.29, 1.82) is 0 Å². The minimum absolute atomic E-state index is 0.889. The number of hydrogen-bond donors (Lipinski definition) is 3. The number of aliphatic hydroxyl groups excluding tert-OH is 1. The van der Waals surface area contributed by atoms with Crippen molar-refractivity contribution in [3.63, 3.8) is 0 Å². The molecule has 2 rings (SSSR count). The molecule has 0 amide bonds. The van der Waals surface area contributed by atoms with Crippen LogP contribution in [-0.4, -0.2) is 51.6 Å². The smallest absolute Gasteiger partial charge is 0.0591 e. The Morgan fingerprint density at radius 3 is 1.43 bits per heavy atom. The van der Waals surface area contributed by atoms with Gasteiger partial charge in [-0.05, 0) is 25.9 Å². The van der Waals surface area contributed by atoms with Crippen molar-refractivity contribution in [2.24, 2.45) is 0 Å². The van der Waals surface area contributed by atoms with E-state index in [0.29, 0.717) is 0 Å². The summed E-state index contributed by atoms with van der Waals surface area (Å²) in [7, 11) is 1.00. The Labute approximate surface area is 87.0 Å².